The second-order valence-electron chi connectivity index (χ2n) is 21.7. The summed E-state index contributed by atoms with van der Waals surface area (Å²) in [7, 11) is 0. The molecule has 0 aliphatic heterocycles. The van der Waals surface area contributed by atoms with Crippen LogP contribution in [0.2, 0.25) is 0 Å². The zero-order valence-electron chi connectivity index (χ0n) is 48.0. The molecule has 6 nitrogen and oxygen atoms in total. The molecule has 71 heavy (non-hydrogen) atoms. The zero-order chi connectivity index (χ0) is 51.4. The van der Waals surface area contributed by atoms with Crippen molar-refractivity contribution in [3.63, 3.8) is 0 Å². The molecule has 0 aromatic rings. The van der Waals surface area contributed by atoms with Gasteiger partial charge in [-0.2, -0.15) is 0 Å². The Labute approximate surface area is 443 Å². The smallest absolute Gasteiger partial charge is 0.306 e. The minimum atomic E-state index is -0.772. The van der Waals surface area contributed by atoms with Gasteiger partial charge < -0.3 is 14.2 Å². The lowest BCUT2D eigenvalue weighted by Gasteiger charge is -2.18. The second-order valence-corrected chi connectivity index (χ2v) is 21.7. The molecule has 418 valence electrons. The molecule has 0 bridgehead atoms. The summed E-state index contributed by atoms with van der Waals surface area (Å²) < 4.78 is 16.9. The highest BCUT2D eigenvalue weighted by Crippen LogP contribution is 2.17. The van der Waals surface area contributed by atoms with Crippen molar-refractivity contribution in [3.8, 4) is 0 Å². The van der Waals surface area contributed by atoms with Gasteiger partial charge in [0.25, 0.3) is 0 Å². The van der Waals surface area contributed by atoms with E-state index in [0.29, 0.717) is 19.3 Å². The number of hydrogen-bond acceptors (Lipinski definition) is 6. The van der Waals surface area contributed by atoms with Crippen LogP contribution in [-0.2, 0) is 28.6 Å². The topological polar surface area (TPSA) is 78.9 Å². The first kappa shape index (κ1) is 68.9. The molecule has 6 heteroatoms. The van der Waals surface area contributed by atoms with Crippen LogP contribution >= 0.6 is 0 Å². The van der Waals surface area contributed by atoms with Gasteiger partial charge in [-0.1, -0.05) is 289 Å². The van der Waals surface area contributed by atoms with Crippen molar-refractivity contribution >= 4 is 17.9 Å². The molecule has 0 rings (SSSR count). The summed E-state index contributed by atoms with van der Waals surface area (Å²) >= 11 is 0. The molecule has 0 aliphatic carbocycles. The molecule has 0 spiro atoms. The van der Waals surface area contributed by atoms with Crippen LogP contribution < -0.4 is 0 Å². The van der Waals surface area contributed by atoms with Crippen LogP contribution in [-0.4, -0.2) is 37.2 Å². The Morgan fingerprint density at radius 3 is 0.704 bits per heavy atom. The SMILES string of the molecule is CCCCCCCC/C=C/CCCCCCCCCC(=O)OC[C@H](COC(=O)CCCCCCCCCCCCCCCCCCCCC)OC(=O)CCCCCCCCC/C=C/CCCCCCCC. The number of allylic oxidation sites excluding steroid dienone is 4. The largest absolute Gasteiger partial charge is 0.462 e. The third-order valence-electron chi connectivity index (χ3n) is 14.4. The number of carbonyl (C=O) groups is 3. The lowest BCUT2D eigenvalue weighted by atomic mass is 10.0. The van der Waals surface area contributed by atoms with Crippen molar-refractivity contribution in [2.45, 2.75) is 361 Å². The van der Waals surface area contributed by atoms with Gasteiger partial charge in [0.1, 0.15) is 13.2 Å². The Morgan fingerprint density at radius 1 is 0.268 bits per heavy atom. The highest BCUT2D eigenvalue weighted by Gasteiger charge is 2.19. The van der Waals surface area contributed by atoms with Gasteiger partial charge in [-0.25, -0.2) is 0 Å². The average Bonchev–Trinajstić information content (AvgIpc) is 3.37. The Hall–Kier alpha value is -2.11. The summed E-state index contributed by atoms with van der Waals surface area (Å²) in [6, 6.07) is 0. The molecule has 1 atom stereocenters. The minimum absolute atomic E-state index is 0.0693. The summed E-state index contributed by atoms with van der Waals surface area (Å²) in [4.78, 5) is 38.3. The van der Waals surface area contributed by atoms with E-state index in [-0.39, 0.29) is 31.1 Å². The number of esters is 3. The van der Waals surface area contributed by atoms with E-state index in [1.54, 1.807) is 0 Å². The van der Waals surface area contributed by atoms with Crippen LogP contribution in [0.5, 0.6) is 0 Å². The van der Waals surface area contributed by atoms with Gasteiger partial charge in [-0.3, -0.25) is 14.4 Å². The highest BCUT2D eigenvalue weighted by molar-refractivity contribution is 5.71. The molecule has 0 aliphatic rings. The molecular formula is C65H122O6. The molecular weight excluding hydrogens is 877 g/mol. The van der Waals surface area contributed by atoms with E-state index in [4.69, 9.17) is 14.2 Å². The van der Waals surface area contributed by atoms with Gasteiger partial charge in [-0.05, 0) is 70.6 Å². The lowest BCUT2D eigenvalue weighted by molar-refractivity contribution is -0.167. The molecule has 0 fully saturated rings. The number of ether oxygens (including phenoxy) is 3. The fourth-order valence-corrected chi connectivity index (χ4v) is 9.61. The molecule has 0 saturated heterocycles. The summed E-state index contributed by atoms with van der Waals surface area (Å²) in [6.45, 7) is 6.69. The van der Waals surface area contributed by atoms with Crippen LogP contribution in [0.3, 0.4) is 0 Å². The molecule has 0 amide bonds. The maximum atomic E-state index is 12.9. The van der Waals surface area contributed by atoms with E-state index in [1.165, 1.54) is 257 Å². The summed E-state index contributed by atoms with van der Waals surface area (Å²) in [6.07, 6.45) is 71.8. The van der Waals surface area contributed by atoms with Gasteiger partial charge in [0, 0.05) is 19.3 Å². The fraction of sp³-hybridized carbons (Fsp3) is 0.892. The molecule has 0 unspecified atom stereocenters. The van der Waals surface area contributed by atoms with Gasteiger partial charge in [0.2, 0.25) is 0 Å². The van der Waals surface area contributed by atoms with E-state index >= 15 is 0 Å². The van der Waals surface area contributed by atoms with Gasteiger partial charge in [0.15, 0.2) is 6.10 Å². The van der Waals surface area contributed by atoms with E-state index in [2.05, 4.69) is 45.1 Å². The first-order valence-electron chi connectivity index (χ1n) is 31.8. The molecule has 0 radical (unpaired) electrons. The Bertz CT molecular complexity index is 1150. The monoisotopic (exact) mass is 999 g/mol. The van der Waals surface area contributed by atoms with Crippen molar-refractivity contribution < 1.29 is 28.6 Å². The number of rotatable bonds is 59. The first-order valence-corrected chi connectivity index (χ1v) is 31.8. The zero-order valence-corrected chi connectivity index (χ0v) is 48.0. The Balaban J connectivity index is 4.32. The minimum Gasteiger partial charge on any atom is -0.462 e. The predicted octanol–water partition coefficient (Wildman–Crippen LogP) is 21.4. The van der Waals surface area contributed by atoms with Crippen molar-refractivity contribution in [2.75, 3.05) is 13.2 Å². The molecule has 0 saturated carbocycles. The van der Waals surface area contributed by atoms with Crippen molar-refractivity contribution in [1.82, 2.24) is 0 Å². The Kier molecular flexibility index (Phi) is 58.6. The number of hydrogen-bond donors (Lipinski definition) is 0. The van der Waals surface area contributed by atoms with Crippen molar-refractivity contribution in [1.29, 1.82) is 0 Å². The quantitative estimate of drug-likeness (QED) is 0.0261. The maximum Gasteiger partial charge on any atom is 0.306 e. The van der Waals surface area contributed by atoms with Gasteiger partial charge >= 0.3 is 17.9 Å². The van der Waals surface area contributed by atoms with Gasteiger partial charge in [0.05, 0.1) is 0 Å². The van der Waals surface area contributed by atoms with Crippen LogP contribution in [0.1, 0.15) is 355 Å². The highest BCUT2D eigenvalue weighted by atomic mass is 16.6. The summed E-state index contributed by atoms with van der Waals surface area (Å²) in [5.41, 5.74) is 0. The summed E-state index contributed by atoms with van der Waals surface area (Å²) in [5.74, 6) is -0.852. The van der Waals surface area contributed by atoms with Crippen molar-refractivity contribution in [3.05, 3.63) is 24.3 Å². The second kappa shape index (κ2) is 60.4. The fourth-order valence-electron chi connectivity index (χ4n) is 9.61. The van der Waals surface area contributed by atoms with Crippen LogP contribution in [0.4, 0.5) is 0 Å². The predicted molar refractivity (Wildman–Crippen MR) is 307 cm³/mol. The lowest BCUT2D eigenvalue weighted by Crippen LogP contribution is -2.30. The number of carbonyl (C=O) groups excluding carboxylic acids is 3. The standard InChI is InChI=1S/C65H122O6/c1-4-7-10-13-16-19-22-25-28-31-32-35-37-40-43-46-49-52-55-58-64(67)70-61-62(71-65(68)59-56-53-50-47-44-41-38-34-30-27-24-21-18-15-12-9-6-3)60-69-63(66)57-54-51-48-45-42-39-36-33-29-26-23-20-17-14-11-8-5-2/h26-27,29-30,62H,4-25,28,31-61H2,1-3H3/b29-26+,30-27+/t62-/m1/s1. The van der Waals surface area contributed by atoms with E-state index in [1.807, 2.05) is 0 Å². The number of unbranched alkanes of at least 4 members (excludes halogenated alkanes) is 44. The van der Waals surface area contributed by atoms with Crippen molar-refractivity contribution in [2.24, 2.45) is 0 Å². The molecule has 0 aromatic carbocycles. The van der Waals surface area contributed by atoms with E-state index < -0.39 is 6.10 Å². The van der Waals surface area contributed by atoms with Crippen LogP contribution in [0.15, 0.2) is 24.3 Å². The van der Waals surface area contributed by atoms with E-state index in [9.17, 15) is 14.4 Å². The van der Waals surface area contributed by atoms with E-state index in [0.717, 1.165) is 57.8 Å². The van der Waals surface area contributed by atoms with Gasteiger partial charge in [-0.15, -0.1) is 0 Å². The average molecular weight is 1000 g/mol. The molecule has 0 aromatic heterocycles. The third-order valence-corrected chi connectivity index (χ3v) is 14.4. The normalized spacial score (nSPS) is 12.1. The molecule has 0 heterocycles. The van der Waals surface area contributed by atoms with Crippen LogP contribution in [0, 0.1) is 0 Å². The summed E-state index contributed by atoms with van der Waals surface area (Å²) in [5, 5.41) is 0. The maximum absolute atomic E-state index is 12.9. The third kappa shape index (κ3) is 58.7. The Morgan fingerprint density at radius 2 is 0.465 bits per heavy atom. The first-order chi connectivity index (χ1) is 35.0. The molecule has 0 N–H and O–H groups in total. The van der Waals surface area contributed by atoms with Crippen LogP contribution in [0.25, 0.3) is 0 Å².